The van der Waals surface area contributed by atoms with Crippen molar-refractivity contribution < 1.29 is 4.79 Å². The van der Waals surface area contributed by atoms with E-state index in [-0.39, 0.29) is 11.9 Å². The zero-order valence-corrected chi connectivity index (χ0v) is 14.2. The molecular formula is C16H20BrN3O. The van der Waals surface area contributed by atoms with Crippen molar-refractivity contribution in [2.45, 2.75) is 26.3 Å². The molecule has 2 rings (SSSR count). The highest BCUT2D eigenvalue weighted by atomic mass is 79.9. The van der Waals surface area contributed by atoms with Gasteiger partial charge in [0.1, 0.15) is 5.69 Å². The first kappa shape index (κ1) is 15.8. The number of nitrogens with zero attached hydrogens (tertiary/aromatic N) is 3. The summed E-state index contributed by atoms with van der Waals surface area (Å²) in [6, 6.07) is 7.96. The molecule has 112 valence electrons. The average molecular weight is 350 g/mol. The van der Waals surface area contributed by atoms with Crippen molar-refractivity contribution in [3.63, 3.8) is 0 Å². The number of pyridine rings is 1. The van der Waals surface area contributed by atoms with Gasteiger partial charge in [0, 0.05) is 48.6 Å². The number of hydrogen-bond donors (Lipinski definition) is 0. The third kappa shape index (κ3) is 3.94. The largest absolute Gasteiger partial charge is 0.340 e. The summed E-state index contributed by atoms with van der Waals surface area (Å²) >= 11 is 3.44. The molecule has 0 aliphatic rings. The number of hydrogen-bond acceptors (Lipinski definition) is 2. The fourth-order valence-corrected chi connectivity index (χ4v) is 2.61. The van der Waals surface area contributed by atoms with E-state index in [1.165, 1.54) is 0 Å². The smallest absolute Gasteiger partial charge is 0.270 e. The van der Waals surface area contributed by atoms with Crippen LogP contribution in [0.25, 0.3) is 0 Å². The molecule has 0 aliphatic heterocycles. The summed E-state index contributed by atoms with van der Waals surface area (Å²) in [7, 11) is 1.83. The number of aromatic nitrogens is 2. The molecule has 4 nitrogen and oxygen atoms in total. The number of rotatable bonds is 5. The first-order chi connectivity index (χ1) is 9.99. The minimum Gasteiger partial charge on any atom is -0.340 e. The van der Waals surface area contributed by atoms with E-state index in [2.05, 4.69) is 34.8 Å². The summed E-state index contributed by atoms with van der Waals surface area (Å²) in [6.07, 6.45) is 4.48. The molecule has 0 bridgehead atoms. The van der Waals surface area contributed by atoms with Crippen molar-refractivity contribution in [3.05, 3.63) is 52.5 Å². The third-order valence-electron chi connectivity index (χ3n) is 3.37. The standard InChI is InChI=1S/C16H20BrN3O/c1-12(2)20-11-13(17)10-15(20)16(21)19(3)9-7-14-6-4-5-8-18-14/h4-6,8,10-12H,7,9H2,1-3H3. The third-order valence-corrected chi connectivity index (χ3v) is 3.80. The van der Waals surface area contributed by atoms with E-state index < -0.39 is 0 Å². The van der Waals surface area contributed by atoms with E-state index in [0.717, 1.165) is 16.6 Å². The zero-order valence-electron chi connectivity index (χ0n) is 12.6. The van der Waals surface area contributed by atoms with Crippen LogP contribution in [0.3, 0.4) is 0 Å². The topological polar surface area (TPSA) is 38.1 Å². The molecule has 0 spiro atoms. The number of carbonyl (C=O) groups excluding carboxylic acids is 1. The fraction of sp³-hybridized carbons (Fsp3) is 0.375. The summed E-state index contributed by atoms with van der Waals surface area (Å²) in [5.74, 6) is 0.0327. The Labute approximate surface area is 133 Å². The lowest BCUT2D eigenvalue weighted by molar-refractivity contribution is 0.0784. The number of carbonyl (C=O) groups is 1. The number of halogens is 1. The molecule has 2 aromatic heterocycles. The Balaban J connectivity index is 2.06. The van der Waals surface area contributed by atoms with E-state index in [1.54, 1.807) is 11.1 Å². The Morgan fingerprint density at radius 1 is 1.43 bits per heavy atom. The lowest BCUT2D eigenvalue weighted by atomic mass is 10.2. The maximum Gasteiger partial charge on any atom is 0.270 e. The van der Waals surface area contributed by atoms with Gasteiger partial charge in [0.2, 0.25) is 0 Å². The van der Waals surface area contributed by atoms with Gasteiger partial charge in [-0.05, 0) is 48.0 Å². The van der Waals surface area contributed by atoms with Gasteiger partial charge >= 0.3 is 0 Å². The first-order valence-electron chi connectivity index (χ1n) is 7.01. The quantitative estimate of drug-likeness (QED) is 0.827. The lowest BCUT2D eigenvalue weighted by Gasteiger charge is -2.19. The minimum absolute atomic E-state index is 0.0327. The molecule has 0 unspecified atom stereocenters. The molecule has 0 saturated heterocycles. The molecule has 0 aromatic carbocycles. The van der Waals surface area contributed by atoms with Crippen LogP contribution in [0.4, 0.5) is 0 Å². The van der Waals surface area contributed by atoms with Gasteiger partial charge in [-0.1, -0.05) is 6.07 Å². The highest BCUT2D eigenvalue weighted by Crippen LogP contribution is 2.20. The molecule has 2 heterocycles. The normalized spacial score (nSPS) is 10.9. The van der Waals surface area contributed by atoms with E-state index in [1.807, 2.05) is 42.1 Å². The highest BCUT2D eigenvalue weighted by molar-refractivity contribution is 9.10. The summed E-state index contributed by atoms with van der Waals surface area (Å²) in [5, 5.41) is 0. The van der Waals surface area contributed by atoms with Crippen LogP contribution in [-0.4, -0.2) is 34.0 Å². The number of likely N-dealkylation sites (N-methyl/N-ethyl adjacent to an activating group) is 1. The van der Waals surface area contributed by atoms with Crippen LogP contribution in [0, 0.1) is 0 Å². The van der Waals surface area contributed by atoms with Gasteiger partial charge in [-0.15, -0.1) is 0 Å². The van der Waals surface area contributed by atoms with Gasteiger partial charge < -0.3 is 9.47 Å². The Hall–Kier alpha value is -1.62. The molecular weight excluding hydrogens is 330 g/mol. The van der Waals surface area contributed by atoms with E-state index in [0.29, 0.717) is 12.2 Å². The van der Waals surface area contributed by atoms with Gasteiger partial charge in [-0.25, -0.2) is 0 Å². The molecule has 5 heteroatoms. The van der Waals surface area contributed by atoms with Crippen LogP contribution < -0.4 is 0 Å². The predicted molar refractivity (Wildman–Crippen MR) is 87.4 cm³/mol. The van der Waals surface area contributed by atoms with Gasteiger partial charge in [0.05, 0.1) is 0 Å². The molecule has 0 atom stereocenters. The Morgan fingerprint density at radius 2 is 2.19 bits per heavy atom. The average Bonchev–Trinajstić information content (AvgIpc) is 2.87. The summed E-state index contributed by atoms with van der Waals surface area (Å²) in [4.78, 5) is 18.6. The first-order valence-corrected chi connectivity index (χ1v) is 7.81. The molecule has 0 radical (unpaired) electrons. The number of amides is 1. The molecule has 21 heavy (non-hydrogen) atoms. The van der Waals surface area contributed by atoms with Crippen molar-refractivity contribution in [2.75, 3.05) is 13.6 Å². The van der Waals surface area contributed by atoms with Crippen molar-refractivity contribution in [3.8, 4) is 0 Å². The Kier molecular flexibility index (Phi) is 5.17. The second-order valence-electron chi connectivity index (χ2n) is 5.34. The second-order valence-corrected chi connectivity index (χ2v) is 6.26. The van der Waals surface area contributed by atoms with Gasteiger partial charge in [-0.3, -0.25) is 9.78 Å². The zero-order chi connectivity index (χ0) is 15.4. The van der Waals surface area contributed by atoms with Crippen LogP contribution in [-0.2, 0) is 6.42 Å². The van der Waals surface area contributed by atoms with Crippen molar-refractivity contribution in [2.24, 2.45) is 0 Å². The Bertz CT molecular complexity index is 607. The van der Waals surface area contributed by atoms with Gasteiger partial charge in [0.15, 0.2) is 0 Å². The van der Waals surface area contributed by atoms with E-state index in [4.69, 9.17) is 0 Å². The maximum atomic E-state index is 12.6. The Morgan fingerprint density at radius 3 is 2.81 bits per heavy atom. The summed E-state index contributed by atoms with van der Waals surface area (Å²) in [6.45, 7) is 4.78. The lowest BCUT2D eigenvalue weighted by Crippen LogP contribution is -2.31. The summed E-state index contributed by atoms with van der Waals surface area (Å²) < 4.78 is 2.92. The van der Waals surface area contributed by atoms with Gasteiger partial charge in [0.25, 0.3) is 5.91 Å². The van der Waals surface area contributed by atoms with Crippen molar-refractivity contribution in [1.82, 2.24) is 14.5 Å². The van der Waals surface area contributed by atoms with Crippen molar-refractivity contribution in [1.29, 1.82) is 0 Å². The molecule has 2 aromatic rings. The molecule has 0 fully saturated rings. The highest BCUT2D eigenvalue weighted by Gasteiger charge is 2.18. The molecule has 0 N–H and O–H groups in total. The fourth-order valence-electron chi connectivity index (χ4n) is 2.17. The molecule has 0 saturated carbocycles. The summed E-state index contributed by atoms with van der Waals surface area (Å²) in [5.41, 5.74) is 1.71. The minimum atomic E-state index is 0.0327. The monoisotopic (exact) mass is 349 g/mol. The van der Waals surface area contributed by atoms with Crippen LogP contribution in [0.1, 0.15) is 36.1 Å². The van der Waals surface area contributed by atoms with Crippen molar-refractivity contribution >= 4 is 21.8 Å². The predicted octanol–water partition coefficient (Wildman–Crippen LogP) is 3.54. The second kappa shape index (κ2) is 6.89. The van der Waals surface area contributed by atoms with Crippen LogP contribution in [0.15, 0.2) is 41.1 Å². The van der Waals surface area contributed by atoms with Crippen LogP contribution in [0.5, 0.6) is 0 Å². The van der Waals surface area contributed by atoms with Gasteiger partial charge in [-0.2, -0.15) is 0 Å². The molecule has 0 aliphatic carbocycles. The van der Waals surface area contributed by atoms with E-state index >= 15 is 0 Å². The maximum absolute atomic E-state index is 12.6. The van der Waals surface area contributed by atoms with Crippen LogP contribution >= 0.6 is 15.9 Å². The molecule has 1 amide bonds. The SMILES string of the molecule is CC(C)n1cc(Br)cc1C(=O)N(C)CCc1ccccn1. The van der Waals surface area contributed by atoms with Crippen LogP contribution in [0.2, 0.25) is 0 Å². The van der Waals surface area contributed by atoms with E-state index in [9.17, 15) is 4.79 Å².